The van der Waals surface area contributed by atoms with Gasteiger partial charge in [0, 0.05) is 29.7 Å². The topological polar surface area (TPSA) is 57.6 Å². The molecule has 0 aromatic heterocycles. The Kier molecular flexibility index (Phi) is 5.71. The van der Waals surface area contributed by atoms with Crippen LogP contribution < -0.4 is 0 Å². The number of hydrogen-bond acceptors (Lipinski definition) is 4. The van der Waals surface area contributed by atoms with Crippen LogP contribution in [0.5, 0.6) is 0 Å². The second-order valence-electron chi connectivity index (χ2n) is 4.72. The average molecular weight is 325 g/mol. The maximum atomic E-state index is 12.8. The number of aliphatic hydroxyl groups is 1. The Morgan fingerprint density at radius 2 is 2.19 bits per heavy atom. The first-order valence-corrected chi connectivity index (χ1v) is 9.39. The van der Waals surface area contributed by atoms with Crippen molar-refractivity contribution in [1.82, 2.24) is 4.31 Å². The van der Waals surface area contributed by atoms with Crippen LogP contribution in [0.15, 0.2) is 29.2 Å². The molecule has 1 aliphatic heterocycles. The van der Waals surface area contributed by atoms with Crippen LogP contribution in [0.25, 0.3) is 0 Å². The molecular formula is C15H19NO3S2. The summed E-state index contributed by atoms with van der Waals surface area (Å²) in [6, 6.07) is 6.71. The molecule has 0 saturated carbocycles. The number of aliphatic hydroxyl groups excluding tert-OH is 1. The smallest absolute Gasteiger partial charge is 0.244 e. The van der Waals surface area contributed by atoms with Crippen molar-refractivity contribution in [1.29, 1.82) is 0 Å². The summed E-state index contributed by atoms with van der Waals surface area (Å²) < 4.78 is 27.2. The number of thioether (sulfide) groups is 1. The van der Waals surface area contributed by atoms with Crippen molar-refractivity contribution in [3.8, 4) is 11.8 Å². The lowest BCUT2D eigenvalue weighted by Crippen LogP contribution is -2.41. The van der Waals surface area contributed by atoms with Gasteiger partial charge >= 0.3 is 0 Å². The Hall–Kier alpha value is -1.00. The molecule has 1 unspecified atom stereocenters. The highest BCUT2D eigenvalue weighted by Crippen LogP contribution is 2.27. The van der Waals surface area contributed by atoms with Crippen LogP contribution in [-0.4, -0.2) is 48.5 Å². The maximum Gasteiger partial charge on any atom is 0.244 e. The molecule has 0 spiro atoms. The number of benzene rings is 1. The molecule has 1 aliphatic rings. The average Bonchev–Trinajstić information content (AvgIpc) is 2.53. The van der Waals surface area contributed by atoms with E-state index in [9.17, 15) is 8.42 Å². The first kappa shape index (κ1) is 16.4. The lowest BCUT2D eigenvalue weighted by Gasteiger charge is -2.31. The molecule has 0 radical (unpaired) electrons. The summed E-state index contributed by atoms with van der Waals surface area (Å²) in [5.41, 5.74) is 0.442. The Morgan fingerprint density at radius 1 is 1.43 bits per heavy atom. The van der Waals surface area contributed by atoms with Crippen LogP contribution >= 0.6 is 11.8 Å². The standard InChI is InChI=1S/C15H19NO3S2/c1-2-14-12-16(9-11-20-14)21(18,19)15-8-4-3-6-13(15)7-5-10-17/h3-4,6,8,14,17H,2,9-12H2,1H3. The molecule has 1 atom stereocenters. The zero-order chi connectivity index (χ0) is 15.3. The van der Waals surface area contributed by atoms with E-state index < -0.39 is 10.0 Å². The molecule has 2 rings (SSSR count). The molecule has 0 bridgehead atoms. The summed E-state index contributed by atoms with van der Waals surface area (Å²) >= 11 is 1.83. The normalized spacial score (nSPS) is 19.8. The zero-order valence-corrected chi connectivity index (χ0v) is 13.6. The van der Waals surface area contributed by atoms with Gasteiger partial charge in [0.1, 0.15) is 6.61 Å². The molecule has 6 heteroatoms. The molecule has 21 heavy (non-hydrogen) atoms. The monoisotopic (exact) mass is 325 g/mol. The first-order valence-electron chi connectivity index (χ1n) is 6.90. The summed E-state index contributed by atoms with van der Waals surface area (Å²) in [6.07, 6.45) is 0.961. The minimum absolute atomic E-state index is 0.229. The minimum atomic E-state index is -3.53. The molecule has 1 heterocycles. The van der Waals surface area contributed by atoms with Crippen molar-refractivity contribution in [2.45, 2.75) is 23.5 Å². The number of rotatable bonds is 3. The largest absolute Gasteiger partial charge is 0.384 e. The summed E-state index contributed by atoms with van der Waals surface area (Å²) in [7, 11) is -3.53. The van der Waals surface area contributed by atoms with Gasteiger partial charge in [0.05, 0.1) is 4.90 Å². The molecule has 0 aliphatic carbocycles. The third kappa shape index (κ3) is 3.80. The third-order valence-corrected chi connectivity index (χ3v) is 6.66. The Morgan fingerprint density at radius 3 is 2.90 bits per heavy atom. The second kappa shape index (κ2) is 7.32. The second-order valence-corrected chi connectivity index (χ2v) is 8.03. The van der Waals surface area contributed by atoms with Gasteiger partial charge in [0.2, 0.25) is 10.0 Å². The molecule has 1 N–H and O–H groups in total. The van der Waals surface area contributed by atoms with Crippen molar-refractivity contribution >= 4 is 21.8 Å². The first-order chi connectivity index (χ1) is 10.1. The lowest BCUT2D eigenvalue weighted by molar-refractivity contribution is 0.350. The Balaban J connectivity index is 2.35. The molecule has 1 aromatic rings. The summed E-state index contributed by atoms with van der Waals surface area (Å²) in [6.45, 7) is 2.87. The fraction of sp³-hybridized carbons (Fsp3) is 0.467. The van der Waals surface area contributed by atoms with Crippen molar-refractivity contribution < 1.29 is 13.5 Å². The number of hydrogen-bond donors (Lipinski definition) is 1. The van der Waals surface area contributed by atoms with Crippen molar-refractivity contribution in [3.05, 3.63) is 29.8 Å². The molecule has 1 fully saturated rings. The third-order valence-electron chi connectivity index (χ3n) is 3.36. The van der Waals surface area contributed by atoms with Gasteiger partial charge in [-0.25, -0.2) is 8.42 Å². The molecule has 114 valence electrons. The number of sulfonamides is 1. The van der Waals surface area contributed by atoms with Crippen LogP contribution in [0.3, 0.4) is 0 Å². The van der Waals surface area contributed by atoms with Gasteiger partial charge in [-0.1, -0.05) is 30.9 Å². The lowest BCUT2D eigenvalue weighted by atomic mass is 10.2. The quantitative estimate of drug-likeness (QED) is 0.857. The van der Waals surface area contributed by atoms with Gasteiger partial charge < -0.3 is 5.11 Å². The van der Waals surface area contributed by atoms with E-state index in [2.05, 4.69) is 18.8 Å². The highest BCUT2D eigenvalue weighted by atomic mass is 32.2. The van der Waals surface area contributed by atoms with Gasteiger partial charge in [-0.2, -0.15) is 16.1 Å². The Labute approximate surface area is 130 Å². The zero-order valence-electron chi connectivity index (χ0n) is 11.9. The van der Waals surface area contributed by atoms with Crippen LogP contribution in [0.1, 0.15) is 18.9 Å². The van der Waals surface area contributed by atoms with Crippen LogP contribution in [-0.2, 0) is 10.0 Å². The predicted octanol–water partition coefficient (Wildman–Crippen LogP) is 1.55. The van der Waals surface area contributed by atoms with E-state index >= 15 is 0 Å². The fourth-order valence-corrected chi connectivity index (χ4v) is 5.25. The van der Waals surface area contributed by atoms with Gasteiger partial charge in [-0.15, -0.1) is 0 Å². The van der Waals surface area contributed by atoms with Crippen LogP contribution in [0.4, 0.5) is 0 Å². The van der Waals surface area contributed by atoms with Crippen LogP contribution in [0.2, 0.25) is 0 Å². The fourth-order valence-electron chi connectivity index (χ4n) is 2.23. The van der Waals surface area contributed by atoms with Crippen molar-refractivity contribution in [2.75, 3.05) is 25.4 Å². The van der Waals surface area contributed by atoms with E-state index in [1.165, 1.54) is 0 Å². The van der Waals surface area contributed by atoms with E-state index in [1.54, 1.807) is 28.6 Å². The van der Waals surface area contributed by atoms with E-state index in [1.807, 2.05) is 11.8 Å². The molecule has 0 amide bonds. The number of nitrogens with zero attached hydrogens (tertiary/aromatic N) is 1. The molecule has 4 nitrogen and oxygen atoms in total. The molecule has 1 saturated heterocycles. The van der Waals surface area contributed by atoms with Crippen LogP contribution in [0, 0.1) is 11.8 Å². The van der Waals surface area contributed by atoms with Gasteiger partial charge in [-0.3, -0.25) is 0 Å². The summed E-state index contributed by atoms with van der Waals surface area (Å²) in [5.74, 6) is 6.06. The van der Waals surface area contributed by atoms with Gasteiger partial charge in [-0.05, 0) is 18.6 Å². The minimum Gasteiger partial charge on any atom is -0.384 e. The molecule has 1 aromatic carbocycles. The van der Waals surface area contributed by atoms with E-state index in [4.69, 9.17) is 5.11 Å². The SMILES string of the molecule is CCC1CN(S(=O)(=O)c2ccccc2C#CCO)CCS1. The van der Waals surface area contributed by atoms with Crippen molar-refractivity contribution in [2.24, 2.45) is 0 Å². The summed E-state index contributed by atoms with van der Waals surface area (Å²) in [5, 5.41) is 9.15. The Bertz CT molecular complexity index is 646. The van der Waals surface area contributed by atoms with E-state index in [0.29, 0.717) is 23.9 Å². The van der Waals surface area contributed by atoms with Gasteiger partial charge in [0.15, 0.2) is 0 Å². The van der Waals surface area contributed by atoms with Crippen molar-refractivity contribution in [3.63, 3.8) is 0 Å². The van der Waals surface area contributed by atoms with Gasteiger partial charge in [0.25, 0.3) is 0 Å². The van der Waals surface area contributed by atoms with E-state index in [-0.39, 0.29) is 11.5 Å². The highest BCUT2D eigenvalue weighted by Gasteiger charge is 2.31. The molecular weight excluding hydrogens is 306 g/mol. The summed E-state index contributed by atoms with van der Waals surface area (Å²) in [4.78, 5) is 0.229. The highest BCUT2D eigenvalue weighted by molar-refractivity contribution is 8.00. The maximum absolute atomic E-state index is 12.8. The predicted molar refractivity (Wildman–Crippen MR) is 85.7 cm³/mol. The van der Waals surface area contributed by atoms with E-state index in [0.717, 1.165) is 12.2 Å².